The van der Waals surface area contributed by atoms with E-state index >= 15 is 0 Å². The monoisotopic (exact) mass is 362 g/mol. The number of fused-ring (bicyclic) bond motifs is 1. The molecule has 2 saturated carbocycles. The number of rotatable bonds is 3. The highest BCUT2D eigenvalue weighted by Gasteiger charge is 2.42. The largest absolute Gasteiger partial charge is 0.342 e. The van der Waals surface area contributed by atoms with Crippen LogP contribution in [0.15, 0.2) is 30.3 Å². The van der Waals surface area contributed by atoms with Crippen LogP contribution in [0.5, 0.6) is 0 Å². The Morgan fingerprint density at radius 1 is 1.00 bits per heavy atom. The highest BCUT2D eigenvalue weighted by molar-refractivity contribution is 5.85. The molecule has 25 heavy (non-hydrogen) atoms. The minimum atomic E-state index is 0. The van der Waals surface area contributed by atoms with Crippen LogP contribution in [0.1, 0.15) is 56.4 Å². The van der Waals surface area contributed by atoms with Crippen LogP contribution in [0.4, 0.5) is 0 Å². The van der Waals surface area contributed by atoms with Crippen molar-refractivity contribution >= 4 is 18.3 Å². The third-order valence-corrected chi connectivity index (χ3v) is 6.85. The SMILES string of the molecule is Cl.NC1CCC2CN(C(=O)CC3CCC(c4ccccc4)CC3)CC12. The van der Waals surface area contributed by atoms with Crippen molar-refractivity contribution in [2.45, 2.75) is 56.9 Å². The lowest BCUT2D eigenvalue weighted by molar-refractivity contribution is -0.131. The van der Waals surface area contributed by atoms with Gasteiger partial charge in [0.15, 0.2) is 0 Å². The van der Waals surface area contributed by atoms with E-state index in [-0.39, 0.29) is 12.4 Å². The Labute approximate surface area is 157 Å². The predicted octanol–water partition coefficient (Wildman–Crippen LogP) is 3.97. The van der Waals surface area contributed by atoms with Crippen LogP contribution in [0.2, 0.25) is 0 Å². The van der Waals surface area contributed by atoms with E-state index in [4.69, 9.17) is 5.73 Å². The van der Waals surface area contributed by atoms with Gasteiger partial charge in [0, 0.05) is 25.6 Å². The number of hydrogen-bond acceptors (Lipinski definition) is 2. The lowest BCUT2D eigenvalue weighted by Gasteiger charge is -2.30. The van der Waals surface area contributed by atoms with Gasteiger partial charge < -0.3 is 10.6 Å². The molecule has 0 bridgehead atoms. The maximum Gasteiger partial charge on any atom is 0.222 e. The molecule has 4 heteroatoms. The molecule has 3 atom stereocenters. The summed E-state index contributed by atoms with van der Waals surface area (Å²) < 4.78 is 0. The van der Waals surface area contributed by atoms with Gasteiger partial charge in [0.1, 0.15) is 0 Å². The number of carbonyl (C=O) groups is 1. The Hall–Kier alpha value is -1.06. The van der Waals surface area contributed by atoms with E-state index in [0.29, 0.717) is 35.6 Å². The Morgan fingerprint density at radius 3 is 2.40 bits per heavy atom. The average molecular weight is 363 g/mol. The molecule has 1 aromatic rings. The predicted molar refractivity (Wildman–Crippen MR) is 104 cm³/mol. The Balaban J connectivity index is 0.00000182. The summed E-state index contributed by atoms with van der Waals surface area (Å²) in [5.41, 5.74) is 7.67. The zero-order valence-electron chi connectivity index (χ0n) is 15.0. The van der Waals surface area contributed by atoms with Crippen LogP contribution in [0.3, 0.4) is 0 Å². The second-order valence-electron chi connectivity index (χ2n) is 8.30. The van der Waals surface area contributed by atoms with Gasteiger partial charge in [0.2, 0.25) is 5.91 Å². The molecule has 2 N–H and O–H groups in total. The summed E-state index contributed by atoms with van der Waals surface area (Å²) in [7, 11) is 0. The van der Waals surface area contributed by atoms with E-state index < -0.39 is 0 Å². The first kappa shape index (κ1) is 18.7. The fourth-order valence-corrected chi connectivity index (χ4v) is 5.31. The summed E-state index contributed by atoms with van der Waals surface area (Å²) in [5, 5.41) is 0. The zero-order chi connectivity index (χ0) is 16.5. The number of amides is 1. The molecule has 4 rings (SSSR count). The first-order chi connectivity index (χ1) is 11.7. The number of nitrogens with two attached hydrogens (primary N) is 1. The number of benzene rings is 1. The zero-order valence-corrected chi connectivity index (χ0v) is 15.8. The van der Waals surface area contributed by atoms with Crippen LogP contribution in [0, 0.1) is 17.8 Å². The minimum absolute atomic E-state index is 0. The fourth-order valence-electron chi connectivity index (χ4n) is 5.31. The molecule has 0 radical (unpaired) electrons. The molecule has 0 spiro atoms. The lowest BCUT2D eigenvalue weighted by atomic mass is 9.77. The van der Waals surface area contributed by atoms with Crippen LogP contribution >= 0.6 is 12.4 Å². The van der Waals surface area contributed by atoms with Gasteiger partial charge in [0.25, 0.3) is 0 Å². The van der Waals surface area contributed by atoms with E-state index in [1.54, 1.807) is 0 Å². The molecule has 1 amide bonds. The fraction of sp³-hybridized carbons (Fsp3) is 0.667. The van der Waals surface area contributed by atoms with Crippen molar-refractivity contribution in [3.8, 4) is 0 Å². The van der Waals surface area contributed by atoms with Gasteiger partial charge in [-0.05, 0) is 67.8 Å². The Morgan fingerprint density at radius 2 is 1.72 bits per heavy atom. The topological polar surface area (TPSA) is 46.3 Å². The summed E-state index contributed by atoms with van der Waals surface area (Å²) in [6, 6.07) is 11.2. The lowest BCUT2D eigenvalue weighted by Crippen LogP contribution is -2.34. The van der Waals surface area contributed by atoms with E-state index in [1.165, 1.54) is 37.7 Å². The van der Waals surface area contributed by atoms with Crippen LogP contribution < -0.4 is 5.73 Å². The molecule has 3 unspecified atom stereocenters. The Kier molecular flexibility index (Phi) is 6.06. The summed E-state index contributed by atoms with van der Waals surface area (Å²) in [6.07, 6.45) is 8.00. The van der Waals surface area contributed by atoms with Crippen molar-refractivity contribution in [2.75, 3.05) is 13.1 Å². The van der Waals surface area contributed by atoms with Gasteiger partial charge in [0.05, 0.1) is 0 Å². The number of nitrogens with zero attached hydrogens (tertiary/aromatic N) is 1. The van der Waals surface area contributed by atoms with Crippen molar-refractivity contribution in [1.82, 2.24) is 4.90 Å². The van der Waals surface area contributed by atoms with Gasteiger partial charge in [-0.15, -0.1) is 12.4 Å². The van der Waals surface area contributed by atoms with Gasteiger partial charge in [-0.1, -0.05) is 30.3 Å². The van der Waals surface area contributed by atoms with Crippen molar-refractivity contribution in [1.29, 1.82) is 0 Å². The van der Waals surface area contributed by atoms with Crippen molar-refractivity contribution < 1.29 is 4.79 Å². The molecule has 3 fully saturated rings. The van der Waals surface area contributed by atoms with Gasteiger partial charge >= 0.3 is 0 Å². The molecular weight excluding hydrogens is 332 g/mol. The third kappa shape index (κ3) is 4.03. The van der Waals surface area contributed by atoms with Crippen LogP contribution in [-0.2, 0) is 4.79 Å². The smallest absolute Gasteiger partial charge is 0.222 e. The van der Waals surface area contributed by atoms with Crippen LogP contribution in [-0.4, -0.2) is 29.9 Å². The van der Waals surface area contributed by atoms with E-state index in [9.17, 15) is 4.79 Å². The Bertz CT molecular complexity index is 571. The molecule has 1 saturated heterocycles. The van der Waals surface area contributed by atoms with E-state index in [2.05, 4.69) is 35.2 Å². The maximum atomic E-state index is 12.7. The highest BCUT2D eigenvalue weighted by Crippen LogP contribution is 2.39. The molecule has 1 aliphatic heterocycles. The molecular formula is C21H31ClN2O. The van der Waals surface area contributed by atoms with E-state index in [0.717, 1.165) is 25.9 Å². The summed E-state index contributed by atoms with van der Waals surface area (Å²) >= 11 is 0. The molecule has 2 aliphatic carbocycles. The molecule has 1 aromatic carbocycles. The summed E-state index contributed by atoms with van der Waals surface area (Å²) in [4.78, 5) is 14.8. The van der Waals surface area contributed by atoms with Crippen molar-refractivity contribution in [3.05, 3.63) is 35.9 Å². The third-order valence-electron chi connectivity index (χ3n) is 6.85. The number of carbonyl (C=O) groups excluding carboxylic acids is 1. The van der Waals surface area contributed by atoms with Gasteiger partial charge in [-0.25, -0.2) is 0 Å². The van der Waals surface area contributed by atoms with E-state index in [1.807, 2.05) is 0 Å². The van der Waals surface area contributed by atoms with Gasteiger partial charge in [-0.3, -0.25) is 4.79 Å². The maximum absolute atomic E-state index is 12.7. The van der Waals surface area contributed by atoms with Crippen LogP contribution in [0.25, 0.3) is 0 Å². The first-order valence-electron chi connectivity index (χ1n) is 9.79. The number of halogens is 1. The highest BCUT2D eigenvalue weighted by atomic mass is 35.5. The molecule has 1 heterocycles. The molecule has 0 aromatic heterocycles. The molecule has 138 valence electrons. The minimum Gasteiger partial charge on any atom is -0.342 e. The van der Waals surface area contributed by atoms with Crippen molar-refractivity contribution in [3.63, 3.8) is 0 Å². The first-order valence-corrected chi connectivity index (χ1v) is 9.79. The molecule has 3 nitrogen and oxygen atoms in total. The average Bonchev–Trinajstić information content (AvgIpc) is 3.19. The van der Waals surface area contributed by atoms with Crippen molar-refractivity contribution in [2.24, 2.45) is 23.5 Å². The quantitative estimate of drug-likeness (QED) is 0.884. The molecule has 3 aliphatic rings. The number of likely N-dealkylation sites (tertiary alicyclic amines) is 1. The normalized spacial score (nSPS) is 34.4. The standard InChI is InChI=1S/C21H30N2O.ClH/c22-20-11-10-18-13-23(14-19(18)20)21(24)12-15-6-8-17(9-7-15)16-4-2-1-3-5-16;/h1-5,15,17-20H,6-14,22H2;1H. The summed E-state index contributed by atoms with van der Waals surface area (Å²) in [6.45, 7) is 1.89. The summed E-state index contributed by atoms with van der Waals surface area (Å²) in [5.74, 6) is 2.92. The number of hydrogen-bond donors (Lipinski definition) is 1. The van der Waals surface area contributed by atoms with Gasteiger partial charge in [-0.2, -0.15) is 0 Å². The second kappa shape index (κ2) is 8.09. The second-order valence-corrected chi connectivity index (χ2v) is 8.30.